The molecular formula is C19H13N3O4. The topological polar surface area (TPSA) is 109 Å². The molecule has 1 N–H and O–H groups in total. The van der Waals surface area contributed by atoms with E-state index in [0.717, 1.165) is 0 Å². The number of carbonyl (C=O) groups excluding carboxylic acids is 3. The molecule has 0 aromatic heterocycles. The van der Waals surface area contributed by atoms with Crippen LogP contribution in [0.2, 0.25) is 0 Å². The number of benzene rings is 2. The first kappa shape index (κ1) is 17.0. The van der Waals surface area contributed by atoms with Gasteiger partial charge in [0.2, 0.25) is 5.71 Å². The summed E-state index contributed by atoms with van der Waals surface area (Å²) in [5, 5.41) is 12.7. The highest BCUT2D eigenvalue weighted by Gasteiger charge is 2.31. The number of hydrogen-bond acceptors (Lipinski definition) is 7. The molecule has 0 unspecified atom stereocenters. The fourth-order valence-corrected chi connectivity index (χ4v) is 2.67. The molecule has 2 aromatic carbocycles. The van der Waals surface area contributed by atoms with Gasteiger partial charge in [-0.1, -0.05) is 36.4 Å². The summed E-state index contributed by atoms with van der Waals surface area (Å²) >= 11 is 0. The van der Waals surface area contributed by atoms with Gasteiger partial charge in [0, 0.05) is 16.7 Å². The van der Waals surface area contributed by atoms with Crippen molar-refractivity contribution in [2.75, 3.05) is 12.0 Å². The van der Waals surface area contributed by atoms with Crippen LogP contribution in [0, 0.1) is 11.3 Å². The van der Waals surface area contributed by atoms with Gasteiger partial charge in [-0.15, -0.1) is 0 Å². The molecule has 0 amide bonds. The minimum Gasteiger partial charge on any atom is -0.461 e. The summed E-state index contributed by atoms with van der Waals surface area (Å²) in [6.07, 6.45) is 0. The van der Waals surface area contributed by atoms with Gasteiger partial charge in [0.15, 0.2) is 11.6 Å². The summed E-state index contributed by atoms with van der Waals surface area (Å²) < 4.78 is 4.73. The number of ketones is 2. The molecular weight excluding hydrogens is 334 g/mol. The molecule has 0 heterocycles. The Morgan fingerprint density at radius 2 is 1.73 bits per heavy atom. The van der Waals surface area contributed by atoms with Gasteiger partial charge in [0.05, 0.1) is 17.9 Å². The van der Waals surface area contributed by atoms with Crippen molar-refractivity contribution in [3.63, 3.8) is 0 Å². The third kappa shape index (κ3) is 2.84. The van der Waals surface area contributed by atoms with E-state index < -0.39 is 11.7 Å². The van der Waals surface area contributed by atoms with Crippen molar-refractivity contribution in [3.05, 3.63) is 64.7 Å². The zero-order valence-electron chi connectivity index (χ0n) is 13.8. The van der Waals surface area contributed by atoms with Gasteiger partial charge in [-0.3, -0.25) is 15.0 Å². The van der Waals surface area contributed by atoms with Crippen LogP contribution in [0.4, 0.5) is 5.69 Å². The molecule has 0 atom stereocenters. The molecule has 0 radical (unpaired) electrons. The molecule has 0 spiro atoms. The van der Waals surface area contributed by atoms with Crippen molar-refractivity contribution in [1.29, 1.82) is 5.26 Å². The second-order valence-electron chi connectivity index (χ2n) is 5.34. The van der Waals surface area contributed by atoms with Crippen molar-refractivity contribution in [1.82, 2.24) is 0 Å². The maximum absolute atomic E-state index is 12.8. The molecule has 0 saturated heterocycles. The average molecular weight is 347 g/mol. The van der Waals surface area contributed by atoms with Crippen LogP contribution in [-0.2, 0) is 9.53 Å². The van der Waals surface area contributed by atoms with E-state index in [1.807, 2.05) is 0 Å². The highest BCUT2D eigenvalue weighted by Crippen LogP contribution is 2.31. The van der Waals surface area contributed by atoms with Crippen LogP contribution >= 0.6 is 0 Å². The van der Waals surface area contributed by atoms with E-state index in [2.05, 4.69) is 10.5 Å². The predicted octanol–water partition coefficient (Wildman–Crippen LogP) is 2.32. The number of nitrogens with zero attached hydrogens (tertiary/aromatic N) is 2. The van der Waals surface area contributed by atoms with Crippen molar-refractivity contribution in [2.45, 2.75) is 6.92 Å². The first-order valence-corrected chi connectivity index (χ1v) is 7.80. The summed E-state index contributed by atoms with van der Waals surface area (Å²) in [6, 6.07) is 12.9. The molecule has 128 valence electrons. The van der Waals surface area contributed by atoms with Crippen molar-refractivity contribution < 1.29 is 19.1 Å². The highest BCUT2D eigenvalue weighted by atomic mass is 16.5. The number of fused-ring (bicyclic) bond motifs is 2. The standard InChI is InChI=1S/C19H13N3O4/c1-2-26-19(25)15(10-20)22-21-14-9-5-8-13-16(14)18(24)12-7-4-3-6-11(12)17(13)23/h3-9,21H,2H2,1H3. The SMILES string of the molecule is CCOC(=O)C(C#N)=NNc1cccc2c1C(=O)c1ccccc1C2=O. The molecule has 7 nitrogen and oxygen atoms in total. The lowest BCUT2D eigenvalue weighted by atomic mass is 9.83. The lowest BCUT2D eigenvalue weighted by Gasteiger charge is -2.19. The summed E-state index contributed by atoms with van der Waals surface area (Å²) in [4.78, 5) is 37.1. The van der Waals surface area contributed by atoms with Crippen LogP contribution in [0.3, 0.4) is 0 Å². The summed E-state index contributed by atoms with van der Waals surface area (Å²) in [7, 11) is 0. The van der Waals surface area contributed by atoms with Crippen molar-refractivity contribution in [2.24, 2.45) is 5.10 Å². The first-order chi connectivity index (χ1) is 12.6. The number of nitrogens with one attached hydrogen (secondary N) is 1. The molecule has 0 bridgehead atoms. The third-order valence-electron chi connectivity index (χ3n) is 3.82. The molecule has 7 heteroatoms. The molecule has 0 fully saturated rings. The number of nitriles is 1. The number of esters is 1. The number of ether oxygens (including phenoxy) is 1. The Morgan fingerprint density at radius 3 is 2.38 bits per heavy atom. The third-order valence-corrected chi connectivity index (χ3v) is 3.82. The minimum absolute atomic E-state index is 0.101. The van der Waals surface area contributed by atoms with Crippen LogP contribution in [0.5, 0.6) is 0 Å². The average Bonchev–Trinajstić information content (AvgIpc) is 2.66. The Hall–Kier alpha value is -3.79. The van der Waals surface area contributed by atoms with Crippen LogP contribution < -0.4 is 5.43 Å². The maximum Gasteiger partial charge on any atom is 0.369 e. The van der Waals surface area contributed by atoms with Gasteiger partial charge in [-0.25, -0.2) is 4.79 Å². The fraction of sp³-hybridized carbons (Fsp3) is 0.105. The van der Waals surface area contributed by atoms with Gasteiger partial charge in [-0.2, -0.15) is 10.4 Å². The zero-order valence-corrected chi connectivity index (χ0v) is 13.8. The molecule has 1 aliphatic carbocycles. The highest BCUT2D eigenvalue weighted by molar-refractivity contribution is 6.43. The number of hydrazone groups is 1. The van der Waals surface area contributed by atoms with E-state index in [-0.39, 0.29) is 35.0 Å². The molecule has 2 aromatic rings. The molecule has 3 rings (SSSR count). The van der Waals surface area contributed by atoms with Crippen LogP contribution in [0.25, 0.3) is 0 Å². The van der Waals surface area contributed by atoms with Crippen LogP contribution in [0.1, 0.15) is 38.8 Å². The maximum atomic E-state index is 12.8. The summed E-state index contributed by atoms with van der Waals surface area (Å²) in [6.45, 7) is 1.71. The lowest BCUT2D eigenvalue weighted by molar-refractivity contribution is -0.134. The predicted molar refractivity (Wildman–Crippen MR) is 93.1 cm³/mol. The smallest absolute Gasteiger partial charge is 0.369 e. The van der Waals surface area contributed by atoms with E-state index >= 15 is 0 Å². The Labute approximate surface area is 148 Å². The normalized spacial score (nSPS) is 12.7. The Morgan fingerprint density at radius 1 is 1.08 bits per heavy atom. The van der Waals surface area contributed by atoms with E-state index in [4.69, 9.17) is 10.00 Å². The van der Waals surface area contributed by atoms with Gasteiger partial charge < -0.3 is 4.74 Å². The van der Waals surface area contributed by atoms with Crippen molar-refractivity contribution in [3.8, 4) is 6.07 Å². The van der Waals surface area contributed by atoms with Crippen molar-refractivity contribution >= 4 is 28.9 Å². The quantitative estimate of drug-likeness (QED) is 0.441. The first-order valence-electron chi connectivity index (χ1n) is 7.80. The Bertz CT molecular complexity index is 1000. The molecule has 1 aliphatic rings. The molecule has 26 heavy (non-hydrogen) atoms. The van der Waals surface area contributed by atoms with E-state index in [1.165, 1.54) is 0 Å². The second kappa shape index (κ2) is 6.99. The molecule has 0 aliphatic heterocycles. The van der Waals surface area contributed by atoms with Gasteiger partial charge in [-0.05, 0) is 13.0 Å². The second-order valence-corrected chi connectivity index (χ2v) is 5.34. The fourth-order valence-electron chi connectivity index (χ4n) is 2.67. The van der Waals surface area contributed by atoms with Gasteiger partial charge in [0.1, 0.15) is 6.07 Å². The Kier molecular flexibility index (Phi) is 4.58. The van der Waals surface area contributed by atoms with Gasteiger partial charge in [0.25, 0.3) is 0 Å². The number of carbonyl (C=O) groups is 3. The van der Waals surface area contributed by atoms with Crippen LogP contribution in [0.15, 0.2) is 47.6 Å². The monoisotopic (exact) mass is 347 g/mol. The van der Waals surface area contributed by atoms with Crippen LogP contribution in [-0.4, -0.2) is 29.9 Å². The largest absolute Gasteiger partial charge is 0.461 e. The van der Waals surface area contributed by atoms with E-state index in [9.17, 15) is 14.4 Å². The summed E-state index contributed by atoms with van der Waals surface area (Å²) in [5.74, 6) is -1.48. The zero-order chi connectivity index (χ0) is 18.7. The minimum atomic E-state index is -0.875. The number of anilines is 1. The number of rotatable bonds is 4. The van der Waals surface area contributed by atoms with E-state index in [1.54, 1.807) is 55.5 Å². The van der Waals surface area contributed by atoms with E-state index in [0.29, 0.717) is 11.1 Å². The summed E-state index contributed by atoms with van der Waals surface area (Å²) in [5.41, 5.74) is 3.31. The van der Waals surface area contributed by atoms with Gasteiger partial charge >= 0.3 is 5.97 Å². The Balaban J connectivity index is 2.03. The number of hydrogen-bond donors (Lipinski definition) is 1. The lowest BCUT2D eigenvalue weighted by Crippen LogP contribution is -2.22. The molecule has 0 saturated carbocycles.